The van der Waals surface area contributed by atoms with E-state index in [-0.39, 0.29) is 0 Å². The highest BCUT2D eigenvalue weighted by atomic mass is 32.1. The van der Waals surface area contributed by atoms with E-state index in [1.165, 1.54) is 4.88 Å². The van der Waals surface area contributed by atoms with Gasteiger partial charge in [-0.3, -0.25) is 4.98 Å². The number of thiazole rings is 1. The lowest BCUT2D eigenvalue weighted by Gasteiger charge is -2.08. The van der Waals surface area contributed by atoms with Crippen LogP contribution < -0.4 is 0 Å². The van der Waals surface area contributed by atoms with Gasteiger partial charge in [0.15, 0.2) is 0 Å². The molecule has 0 amide bonds. The van der Waals surface area contributed by atoms with Crippen LogP contribution in [0.15, 0.2) is 18.2 Å². The lowest BCUT2D eigenvalue weighted by molar-refractivity contribution is 0.173. The Hall–Kier alpha value is -1.26. The van der Waals surface area contributed by atoms with Gasteiger partial charge < -0.3 is 5.11 Å². The summed E-state index contributed by atoms with van der Waals surface area (Å²) in [6.07, 6.45) is -0.0321. The zero-order chi connectivity index (χ0) is 12.4. The minimum atomic E-state index is -0.570. The smallest absolute Gasteiger partial charge is 0.102 e. The van der Waals surface area contributed by atoms with E-state index >= 15 is 0 Å². The summed E-state index contributed by atoms with van der Waals surface area (Å²) in [5, 5.41) is 11.1. The van der Waals surface area contributed by atoms with E-state index in [2.05, 4.69) is 9.97 Å². The Morgan fingerprint density at radius 1 is 1.24 bits per heavy atom. The van der Waals surface area contributed by atoms with E-state index in [1.54, 1.807) is 11.3 Å². The molecule has 2 aromatic rings. The van der Waals surface area contributed by atoms with Crippen LogP contribution in [0.3, 0.4) is 0 Å². The first-order chi connectivity index (χ1) is 8.06. The summed E-state index contributed by atoms with van der Waals surface area (Å²) >= 11 is 1.64. The Balaban J connectivity index is 2.14. The van der Waals surface area contributed by atoms with Gasteiger partial charge in [-0.25, -0.2) is 4.98 Å². The number of nitrogens with zero attached hydrogens (tertiary/aromatic N) is 2. The van der Waals surface area contributed by atoms with Gasteiger partial charge in [-0.2, -0.15) is 0 Å². The highest BCUT2D eigenvalue weighted by Gasteiger charge is 2.13. The van der Waals surface area contributed by atoms with E-state index < -0.39 is 6.10 Å². The van der Waals surface area contributed by atoms with E-state index in [4.69, 9.17) is 0 Å². The standard InChI is InChI=1S/C13H16N2OS/c1-8-5-4-6-11(14-8)12(16)7-13-15-9(2)10(3)17-13/h4-6,12,16H,7H2,1-3H3. The van der Waals surface area contributed by atoms with Crippen LogP contribution in [0.5, 0.6) is 0 Å². The SMILES string of the molecule is Cc1cccc(C(O)Cc2nc(C)c(C)s2)n1. The summed E-state index contributed by atoms with van der Waals surface area (Å²) in [5.74, 6) is 0. The lowest BCUT2D eigenvalue weighted by atomic mass is 10.1. The molecule has 1 unspecified atom stereocenters. The van der Waals surface area contributed by atoms with Crippen molar-refractivity contribution in [1.82, 2.24) is 9.97 Å². The highest BCUT2D eigenvalue weighted by molar-refractivity contribution is 7.11. The van der Waals surface area contributed by atoms with Gasteiger partial charge in [-0.05, 0) is 32.9 Å². The van der Waals surface area contributed by atoms with Gasteiger partial charge in [0.05, 0.1) is 16.4 Å². The molecule has 0 bridgehead atoms. The molecule has 17 heavy (non-hydrogen) atoms. The lowest BCUT2D eigenvalue weighted by Crippen LogP contribution is -2.04. The van der Waals surface area contributed by atoms with Crippen LogP contribution in [0, 0.1) is 20.8 Å². The summed E-state index contributed by atoms with van der Waals surface area (Å²) in [4.78, 5) is 9.97. The van der Waals surface area contributed by atoms with Crippen molar-refractivity contribution in [3.8, 4) is 0 Å². The van der Waals surface area contributed by atoms with Gasteiger partial charge in [0.25, 0.3) is 0 Å². The normalized spacial score (nSPS) is 12.7. The second-order valence-corrected chi connectivity index (χ2v) is 5.46. The molecule has 1 atom stereocenters. The first kappa shape index (κ1) is 12.2. The second kappa shape index (κ2) is 4.94. The molecule has 2 aromatic heterocycles. The van der Waals surface area contributed by atoms with Crippen LogP contribution >= 0.6 is 11.3 Å². The Bertz CT molecular complexity index is 502. The molecular formula is C13H16N2OS. The van der Waals surface area contributed by atoms with Gasteiger partial charge >= 0.3 is 0 Å². The van der Waals surface area contributed by atoms with Crippen LogP contribution in [0.4, 0.5) is 0 Å². The van der Waals surface area contributed by atoms with Crippen LogP contribution in [0.2, 0.25) is 0 Å². The number of aliphatic hydroxyl groups is 1. The molecule has 2 rings (SSSR count). The molecule has 0 aliphatic carbocycles. The van der Waals surface area contributed by atoms with Crippen molar-refractivity contribution < 1.29 is 5.11 Å². The van der Waals surface area contributed by atoms with E-state index in [1.807, 2.05) is 39.0 Å². The largest absolute Gasteiger partial charge is 0.386 e. The molecule has 0 saturated carbocycles. The molecule has 0 radical (unpaired) electrons. The van der Waals surface area contributed by atoms with E-state index in [0.29, 0.717) is 6.42 Å². The topological polar surface area (TPSA) is 46.0 Å². The Morgan fingerprint density at radius 2 is 2.00 bits per heavy atom. The molecule has 3 nitrogen and oxygen atoms in total. The maximum atomic E-state index is 10.1. The predicted octanol–water partition coefficient (Wildman–Crippen LogP) is 2.74. The van der Waals surface area contributed by atoms with Crippen molar-refractivity contribution in [1.29, 1.82) is 0 Å². The summed E-state index contributed by atoms with van der Waals surface area (Å²) in [6, 6.07) is 5.69. The minimum absolute atomic E-state index is 0.538. The number of hydrogen-bond donors (Lipinski definition) is 1. The van der Waals surface area contributed by atoms with E-state index in [9.17, 15) is 5.11 Å². The van der Waals surface area contributed by atoms with E-state index in [0.717, 1.165) is 22.1 Å². The average molecular weight is 248 g/mol. The first-order valence-corrected chi connectivity index (χ1v) is 6.42. The zero-order valence-electron chi connectivity index (χ0n) is 10.3. The molecule has 0 aliphatic rings. The first-order valence-electron chi connectivity index (χ1n) is 5.61. The zero-order valence-corrected chi connectivity index (χ0v) is 11.1. The number of aryl methyl sites for hydroxylation is 3. The predicted molar refractivity (Wildman–Crippen MR) is 69.2 cm³/mol. The summed E-state index contributed by atoms with van der Waals surface area (Å²) in [5.41, 5.74) is 2.69. The molecule has 0 spiro atoms. The maximum absolute atomic E-state index is 10.1. The highest BCUT2D eigenvalue weighted by Crippen LogP contribution is 2.22. The Labute approximate surface area is 105 Å². The molecule has 0 fully saturated rings. The molecular weight excluding hydrogens is 232 g/mol. The van der Waals surface area contributed by atoms with Crippen molar-refractivity contribution in [3.05, 3.63) is 45.2 Å². The number of hydrogen-bond acceptors (Lipinski definition) is 4. The maximum Gasteiger partial charge on any atom is 0.102 e. The fraction of sp³-hybridized carbons (Fsp3) is 0.385. The Morgan fingerprint density at radius 3 is 2.59 bits per heavy atom. The fourth-order valence-electron chi connectivity index (χ4n) is 1.65. The van der Waals surface area contributed by atoms with Gasteiger partial charge in [-0.1, -0.05) is 6.07 Å². The van der Waals surface area contributed by atoms with Crippen LogP contribution in [0.1, 0.15) is 33.1 Å². The Kier molecular flexibility index (Phi) is 3.54. The molecule has 0 aliphatic heterocycles. The molecule has 2 heterocycles. The van der Waals surface area contributed by atoms with Crippen LogP contribution in [-0.2, 0) is 6.42 Å². The van der Waals surface area contributed by atoms with Gasteiger partial charge in [-0.15, -0.1) is 11.3 Å². The number of aliphatic hydroxyl groups excluding tert-OH is 1. The number of aromatic nitrogens is 2. The summed E-state index contributed by atoms with van der Waals surface area (Å²) < 4.78 is 0. The second-order valence-electron chi connectivity index (χ2n) is 4.17. The number of pyridine rings is 1. The monoisotopic (exact) mass is 248 g/mol. The summed E-state index contributed by atoms with van der Waals surface area (Å²) in [6.45, 7) is 5.97. The fourth-order valence-corrected chi connectivity index (χ4v) is 2.62. The summed E-state index contributed by atoms with van der Waals surface area (Å²) in [7, 11) is 0. The minimum Gasteiger partial charge on any atom is -0.386 e. The molecule has 4 heteroatoms. The molecule has 1 N–H and O–H groups in total. The third-order valence-corrected chi connectivity index (χ3v) is 3.79. The van der Waals surface area contributed by atoms with Crippen molar-refractivity contribution in [2.75, 3.05) is 0 Å². The molecule has 90 valence electrons. The van der Waals surface area contributed by atoms with Crippen LogP contribution in [-0.4, -0.2) is 15.1 Å². The third kappa shape index (κ3) is 2.90. The average Bonchev–Trinajstić information content (AvgIpc) is 2.58. The molecule has 0 aromatic carbocycles. The number of rotatable bonds is 3. The van der Waals surface area contributed by atoms with Crippen LogP contribution in [0.25, 0.3) is 0 Å². The van der Waals surface area contributed by atoms with Gasteiger partial charge in [0.1, 0.15) is 6.10 Å². The van der Waals surface area contributed by atoms with Gasteiger partial charge in [0.2, 0.25) is 0 Å². The third-order valence-electron chi connectivity index (χ3n) is 2.69. The molecule has 0 saturated heterocycles. The van der Waals surface area contributed by atoms with Gasteiger partial charge in [0, 0.05) is 17.0 Å². The van der Waals surface area contributed by atoms with Crippen molar-refractivity contribution >= 4 is 11.3 Å². The van der Waals surface area contributed by atoms with Crippen molar-refractivity contribution in [2.45, 2.75) is 33.3 Å². The quantitative estimate of drug-likeness (QED) is 0.908. The van der Waals surface area contributed by atoms with Crippen molar-refractivity contribution in [3.63, 3.8) is 0 Å². The van der Waals surface area contributed by atoms with Crippen molar-refractivity contribution in [2.24, 2.45) is 0 Å².